The van der Waals surface area contributed by atoms with Crippen LogP contribution >= 0.6 is 0 Å². The summed E-state index contributed by atoms with van der Waals surface area (Å²) in [6.45, 7) is 0. The molecule has 12 rings (SSSR count). The van der Waals surface area contributed by atoms with Crippen LogP contribution in [0.15, 0.2) is 241 Å². The number of anilines is 3. The SMILES string of the molecule is c1ccc(-c2c(-c3ccc(N(c4ccc(-c5ccc6ccccc6c5)cc4)c4cccc(-c5cccc6oc7ccccc7c56)c4)cc3)c3ccccc3c3ccccc23)cc1. The van der Waals surface area contributed by atoms with E-state index in [2.05, 4.69) is 229 Å². The van der Waals surface area contributed by atoms with Crippen LogP contribution in [0.25, 0.3) is 98.8 Å². The summed E-state index contributed by atoms with van der Waals surface area (Å²) in [7, 11) is 0. The molecule has 0 saturated heterocycles. The molecular weight excluding hydrogens is 751 g/mol. The van der Waals surface area contributed by atoms with E-state index in [0.717, 1.165) is 50.1 Å². The summed E-state index contributed by atoms with van der Waals surface area (Å²) in [4.78, 5) is 2.38. The van der Waals surface area contributed by atoms with Gasteiger partial charge in [0.1, 0.15) is 11.2 Å². The van der Waals surface area contributed by atoms with Crippen molar-refractivity contribution in [3.05, 3.63) is 237 Å². The van der Waals surface area contributed by atoms with Gasteiger partial charge >= 0.3 is 0 Å². The molecule has 2 heteroatoms. The van der Waals surface area contributed by atoms with E-state index in [1.54, 1.807) is 0 Å². The van der Waals surface area contributed by atoms with E-state index < -0.39 is 0 Å². The lowest BCUT2D eigenvalue weighted by molar-refractivity contribution is 0.669. The summed E-state index contributed by atoms with van der Waals surface area (Å²) < 4.78 is 6.33. The topological polar surface area (TPSA) is 16.4 Å². The van der Waals surface area contributed by atoms with Crippen molar-refractivity contribution in [3.63, 3.8) is 0 Å². The minimum Gasteiger partial charge on any atom is -0.456 e. The predicted octanol–water partition coefficient (Wildman–Crippen LogP) is 17.2. The fraction of sp³-hybridized carbons (Fsp3) is 0. The second-order valence-electron chi connectivity index (χ2n) is 16.0. The van der Waals surface area contributed by atoms with Crippen molar-refractivity contribution >= 4 is 71.3 Å². The highest BCUT2D eigenvalue weighted by molar-refractivity contribution is 6.21. The summed E-state index contributed by atoms with van der Waals surface area (Å²) >= 11 is 0. The number of fused-ring (bicyclic) bond motifs is 7. The van der Waals surface area contributed by atoms with Gasteiger partial charge in [-0.1, -0.05) is 182 Å². The van der Waals surface area contributed by atoms with Crippen LogP contribution < -0.4 is 4.90 Å². The quantitative estimate of drug-likeness (QED) is 0.150. The Hall–Kier alpha value is -8.20. The van der Waals surface area contributed by atoms with E-state index in [1.807, 2.05) is 12.1 Å². The van der Waals surface area contributed by atoms with Crippen LogP contribution in [0.2, 0.25) is 0 Å². The molecule has 0 atom stereocenters. The Balaban J connectivity index is 1.02. The molecule has 0 unspecified atom stereocenters. The largest absolute Gasteiger partial charge is 0.456 e. The number of hydrogen-bond donors (Lipinski definition) is 0. The highest BCUT2D eigenvalue weighted by Crippen LogP contribution is 2.46. The van der Waals surface area contributed by atoms with Gasteiger partial charge in [-0.05, 0) is 131 Å². The lowest BCUT2D eigenvalue weighted by atomic mass is 9.85. The van der Waals surface area contributed by atoms with E-state index in [0.29, 0.717) is 0 Å². The van der Waals surface area contributed by atoms with E-state index in [4.69, 9.17) is 4.42 Å². The summed E-state index contributed by atoms with van der Waals surface area (Å²) in [5, 5.41) is 9.75. The third-order valence-electron chi connectivity index (χ3n) is 12.4. The predicted molar refractivity (Wildman–Crippen MR) is 263 cm³/mol. The van der Waals surface area contributed by atoms with Crippen LogP contribution in [0.4, 0.5) is 17.1 Å². The molecule has 62 heavy (non-hydrogen) atoms. The van der Waals surface area contributed by atoms with Crippen molar-refractivity contribution in [2.75, 3.05) is 4.90 Å². The summed E-state index contributed by atoms with van der Waals surface area (Å²) in [5.74, 6) is 0. The molecule has 0 bridgehead atoms. The molecule has 11 aromatic carbocycles. The summed E-state index contributed by atoms with van der Waals surface area (Å²) in [6, 6.07) is 85.5. The Morgan fingerprint density at radius 1 is 0.274 bits per heavy atom. The minimum atomic E-state index is 0.891. The van der Waals surface area contributed by atoms with Crippen molar-refractivity contribution < 1.29 is 4.42 Å². The van der Waals surface area contributed by atoms with Crippen molar-refractivity contribution in [3.8, 4) is 44.5 Å². The number of nitrogens with zero attached hydrogens (tertiary/aromatic N) is 1. The molecule has 0 aliphatic rings. The highest BCUT2D eigenvalue weighted by atomic mass is 16.3. The molecule has 0 spiro atoms. The average Bonchev–Trinajstić information content (AvgIpc) is 3.74. The lowest BCUT2D eigenvalue weighted by Gasteiger charge is -2.27. The van der Waals surface area contributed by atoms with E-state index in [9.17, 15) is 0 Å². The molecule has 1 aromatic heterocycles. The normalized spacial score (nSPS) is 11.5. The standard InChI is InChI=1S/C60H39NO/c1-2-15-42(16-3-1)58-53-22-8-6-20-51(53)52-21-7-9-23-54(52)59(58)43-32-36-48(37-33-43)61(47-34-30-41(31-35-47)45-29-28-40-14-4-5-17-44(40)38-45)49-19-12-18-46(39-49)50-25-13-27-57-60(50)55-24-10-11-26-56(55)62-57/h1-39H. The maximum absolute atomic E-state index is 6.33. The first-order valence-electron chi connectivity index (χ1n) is 21.2. The second kappa shape index (κ2) is 14.8. The Kier molecular flexibility index (Phi) is 8.53. The van der Waals surface area contributed by atoms with Crippen molar-refractivity contribution in [1.82, 2.24) is 0 Å². The van der Waals surface area contributed by atoms with Gasteiger partial charge in [0, 0.05) is 27.8 Å². The third kappa shape index (κ3) is 6.04. The van der Waals surface area contributed by atoms with Gasteiger partial charge in [0.2, 0.25) is 0 Å². The van der Waals surface area contributed by atoms with Gasteiger partial charge in [0.15, 0.2) is 0 Å². The van der Waals surface area contributed by atoms with Crippen LogP contribution in [0.3, 0.4) is 0 Å². The van der Waals surface area contributed by atoms with Crippen LogP contribution in [0.1, 0.15) is 0 Å². The van der Waals surface area contributed by atoms with E-state index >= 15 is 0 Å². The van der Waals surface area contributed by atoms with Gasteiger partial charge in [-0.2, -0.15) is 0 Å². The lowest BCUT2D eigenvalue weighted by Crippen LogP contribution is -2.10. The molecule has 0 radical (unpaired) electrons. The molecule has 0 N–H and O–H groups in total. The molecule has 2 nitrogen and oxygen atoms in total. The molecule has 0 aliphatic carbocycles. The van der Waals surface area contributed by atoms with Gasteiger partial charge in [-0.3, -0.25) is 0 Å². The molecule has 0 fully saturated rings. The summed E-state index contributed by atoms with van der Waals surface area (Å²) in [5.41, 5.74) is 14.5. The molecule has 0 aliphatic heterocycles. The van der Waals surface area contributed by atoms with Gasteiger partial charge < -0.3 is 9.32 Å². The maximum atomic E-state index is 6.33. The Morgan fingerprint density at radius 3 is 1.50 bits per heavy atom. The first-order chi connectivity index (χ1) is 30.7. The second-order valence-corrected chi connectivity index (χ2v) is 16.0. The first-order valence-corrected chi connectivity index (χ1v) is 21.2. The maximum Gasteiger partial charge on any atom is 0.136 e. The van der Waals surface area contributed by atoms with Gasteiger partial charge in [0.05, 0.1) is 0 Å². The van der Waals surface area contributed by atoms with Gasteiger partial charge in [0.25, 0.3) is 0 Å². The number of para-hydroxylation sites is 1. The van der Waals surface area contributed by atoms with Gasteiger partial charge in [-0.25, -0.2) is 0 Å². The Bertz CT molecular complexity index is 3620. The average molecular weight is 790 g/mol. The molecular formula is C60H39NO. The number of hydrogen-bond acceptors (Lipinski definition) is 2. The molecule has 290 valence electrons. The van der Waals surface area contributed by atoms with E-state index in [-0.39, 0.29) is 0 Å². The van der Waals surface area contributed by atoms with Crippen LogP contribution in [-0.4, -0.2) is 0 Å². The zero-order valence-electron chi connectivity index (χ0n) is 33.9. The van der Waals surface area contributed by atoms with Crippen molar-refractivity contribution in [2.45, 2.75) is 0 Å². The number of furan rings is 1. The van der Waals surface area contributed by atoms with Gasteiger partial charge in [-0.15, -0.1) is 0 Å². The monoisotopic (exact) mass is 789 g/mol. The zero-order valence-corrected chi connectivity index (χ0v) is 33.9. The smallest absolute Gasteiger partial charge is 0.136 e. The minimum absolute atomic E-state index is 0.891. The first kappa shape index (κ1) is 35.7. The summed E-state index contributed by atoms with van der Waals surface area (Å²) in [6.07, 6.45) is 0. The number of benzene rings is 11. The van der Waals surface area contributed by atoms with Crippen LogP contribution in [0, 0.1) is 0 Å². The molecule has 12 aromatic rings. The number of rotatable bonds is 7. The fourth-order valence-electron chi connectivity index (χ4n) is 9.57. The Morgan fingerprint density at radius 2 is 0.790 bits per heavy atom. The molecule has 0 amide bonds. The molecule has 1 heterocycles. The van der Waals surface area contributed by atoms with Crippen LogP contribution in [0.5, 0.6) is 0 Å². The fourth-order valence-corrected chi connectivity index (χ4v) is 9.57. The zero-order chi connectivity index (χ0) is 41.0. The van der Waals surface area contributed by atoms with Crippen LogP contribution in [-0.2, 0) is 0 Å². The highest BCUT2D eigenvalue weighted by Gasteiger charge is 2.20. The Labute approximate surface area is 360 Å². The molecule has 0 saturated carbocycles. The third-order valence-corrected chi connectivity index (χ3v) is 12.4. The van der Waals surface area contributed by atoms with Crippen molar-refractivity contribution in [1.29, 1.82) is 0 Å². The van der Waals surface area contributed by atoms with Crippen molar-refractivity contribution in [2.24, 2.45) is 0 Å². The van der Waals surface area contributed by atoms with E-state index in [1.165, 1.54) is 65.7 Å².